The molecule has 2 unspecified atom stereocenters. The molecule has 20 heavy (non-hydrogen) atoms. The second-order valence-electron chi connectivity index (χ2n) is 5.85. The molecule has 0 aromatic carbocycles. The summed E-state index contributed by atoms with van der Waals surface area (Å²) in [6.07, 6.45) is 8.15. The first-order chi connectivity index (χ1) is 9.83. The molecule has 3 rings (SSSR count). The van der Waals surface area contributed by atoms with Crippen LogP contribution in [0.25, 0.3) is 0 Å². The molecule has 1 aromatic rings. The van der Waals surface area contributed by atoms with E-state index < -0.39 is 0 Å². The number of rotatable bonds is 6. The Morgan fingerprint density at radius 1 is 1.35 bits per heavy atom. The molecule has 0 radical (unpaired) electrons. The summed E-state index contributed by atoms with van der Waals surface area (Å²) >= 11 is 0. The van der Waals surface area contributed by atoms with Crippen molar-refractivity contribution in [1.29, 1.82) is 0 Å². The molecule has 2 atom stereocenters. The van der Waals surface area contributed by atoms with Crippen LogP contribution in [0.3, 0.4) is 0 Å². The molecule has 2 aliphatic rings. The number of nitrogens with zero attached hydrogens (tertiary/aromatic N) is 2. The smallest absolute Gasteiger partial charge is 0.157 e. The first-order valence-corrected chi connectivity index (χ1v) is 8.04. The van der Waals surface area contributed by atoms with Gasteiger partial charge in [-0.1, -0.05) is 6.92 Å². The van der Waals surface area contributed by atoms with E-state index in [4.69, 9.17) is 9.72 Å². The van der Waals surface area contributed by atoms with Crippen molar-refractivity contribution in [2.75, 3.05) is 13.2 Å². The highest BCUT2D eigenvalue weighted by molar-refractivity contribution is 5.25. The summed E-state index contributed by atoms with van der Waals surface area (Å²) in [5, 5.41) is 3.54. The molecule has 0 spiro atoms. The fraction of sp³-hybridized carbons (Fsp3) is 0.750. The van der Waals surface area contributed by atoms with Crippen LogP contribution in [0.15, 0.2) is 6.20 Å². The highest BCUT2D eigenvalue weighted by Gasteiger charge is 2.35. The fourth-order valence-electron chi connectivity index (χ4n) is 3.16. The van der Waals surface area contributed by atoms with E-state index in [2.05, 4.69) is 24.1 Å². The van der Waals surface area contributed by atoms with E-state index in [9.17, 15) is 0 Å². The first kappa shape index (κ1) is 14.0. The topological polar surface area (TPSA) is 47.0 Å². The Labute approximate surface area is 121 Å². The Kier molecular flexibility index (Phi) is 4.32. The summed E-state index contributed by atoms with van der Waals surface area (Å²) in [6.45, 7) is 5.94. The maximum Gasteiger partial charge on any atom is 0.157 e. The molecular weight excluding hydrogens is 250 g/mol. The maximum atomic E-state index is 5.88. The molecule has 4 nitrogen and oxygen atoms in total. The van der Waals surface area contributed by atoms with Crippen LogP contribution in [-0.2, 0) is 11.2 Å². The van der Waals surface area contributed by atoms with Crippen LogP contribution in [-0.4, -0.2) is 23.1 Å². The lowest BCUT2D eigenvalue weighted by atomic mass is 9.92. The van der Waals surface area contributed by atoms with Gasteiger partial charge >= 0.3 is 0 Å². The predicted octanol–water partition coefficient (Wildman–Crippen LogP) is 2.95. The minimum Gasteiger partial charge on any atom is -0.370 e. The number of aromatic nitrogens is 2. The molecule has 4 heteroatoms. The van der Waals surface area contributed by atoms with Crippen LogP contribution in [0.5, 0.6) is 0 Å². The summed E-state index contributed by atoms with van der Waals surface area (Å²) in [7, 11) is 0. The predicted molar refractivity (Wildman–Crippen MR) is 78.5 cm³/mol. The van der Waals surface area contributed by atoms with Gasteiger partial charge in [-0.25, -0.2) is 9.97 Å². The van der Waals surface area contributed by atoms with Crippen molar-refractivity contribution in [2.45, 2.75) is 58.1 Å². The molecule has 1 N–H and O–H groups in total. The van der Waals surface area contributed by atoms with Gasteiger partial charge in [0.15, 0.2) is 5.82 Å². The zero-order valence-electron chi connectivity index (χ0n) is 12.6. The molecule has 0 saturated heterocycles. The Balaban J connectivity index is 1.84. The van der Waals surface area contributed by atoms with Crippen molar-refractivity contribution in [3.8, 4) is 0 Å². The monoisotopic (exact) mass is 275 g/mol. The maximum absolute atomic E-state index is 5.88. The van der Waals surface area contributed by atoms with Crippen molar-refractivity contribution in [1.82, 2.24) is 15.3 Å². The van der Waals surface area contributed by atoms with Gasteiger partial charge in [-0.2, -0.15) is 0 Å². The molecule has 0 aliphatic heterocycles. The summed E-state index contributed by atoms with van der Waals surface area (Å²) in [5.41, 5.74) is 2.53. The van der Waals surface area contributed by atoms with Gasteiger partial charge in [-0.3, -0.25) is 0 Å². The highest BCUT2D eigenvalue weighted by atomic mass is 16.5. The number of ether oxygens (including phenoxy) is 1. The van der Waals surface area contributed by atoms with Gasteiger partial charge in [0.05, 0.1) is 0 Å². The lowest BCUT2D eigenvalue weighted by molar-refractivity contribution is 0.0397. The minimum absolute atomic E-state index is 0.116. The molecule has 1 fully saturated rings. The summed E-state index contributed by atoms with van der Waals surface area (Å²) in [4.78, 5) is 9.48. The van der Waals surface area contributed by atoms with Gasteiger partial charge in [-0.05, 0) is 51.5 Å². The van der Waals surface area contributed by atoms with Crippen LogP contribution in [0.4, 0.5) is 0 Å². The second-order valence-corrected chi connectivity index (χ2v) is 5.85. The van der Waals surface area contributed by atoms with Crippen molar-refractivity contribution >= 4 is 0 Å². The van der Waals surface area contributed by atoms with E-state index in [1.165, 1.54) is 36.9 Å². The molecule has 0 amide bonds. The largest absolute Gasteiger partial charge is 0.370 e. The van der Waals surface area contributed by atoms with Gasteiger partial charge in [0.25, 0.3) is 0 Å². The number of hydrogen-bond acceptors (Lipinski definition) is 4. The van der Waals surface area contributed by atoms with Crippen molar-refractivity contribution in [3.05, 3.63) is 23.3 Å². The minimum atomic E-state index is 0.116. The van der Waals surface area contributed by atoms with Gasteiger partial charge in [-0.15, -0.1) is 0 Å². The number of hydrogen-bond donors (Lipinski definition) is 1. The fourth-order valence-corrected chi connectivity index (χ4v) is 3.16. The molecule has 1 aromatic heterocycles. The molecular formula is C16H25N3O. The third-order valence-electron chi connectivity index (χ3n) is 4.30. The zero-order valence-corrected chi connectivity index (χ0v) is 12.6. The van der Waals surface area contributed by atoms with Crippen molar-refractivity contribution in [3.63, 3.8) is 0 Å². The first-order valence-electron chi connectivity index (χ1n) is 8.04. The SMILES string of the molecule is CCNC1CCCc2nc(C(OCC)C3CC3)ncc21. The van der Waals surface area contributed by atoms with E-state index >= 15 is 0 Å². The molecule has 110 valence electrons. The lowest BCUT2D eigenvalue weighted by Crippen LogP contribution is -2.26. The molecule has 2 aliphatic carbocycles. The number of aryl methyl sites for hydroxylation is 1. The van der Waals surface area contributed by atoms with Crippen LogP contribution < -0.4 is 5.32 Å². The van der Waals surface area contributed by atoms with Crippen molar-refractivity contribution < 1.29 is 4.74 Å². The van der Waals surface area contributed by atoms with Gasteiger partial charge in [0.2, 0.25) is 0 Å². The van der Waals surface area contributed by atoms with Gasteiger partial charge < -0.3 is 10.1 Å². The average Bonchev–Trinajstić information content (AvgIpc) is 3.29. The Morgan fingerprint density at radius 2 is 2.20 bits per heavy atom. The van der Waals surface area contributed by atoms with Gasteiger partial charge in [0, 0.05) is 30.1 Å². The van der Waals surface area contributed by atoms with E-state index in [1.54, 1.807) is 0 Å². The van der Waals surface area contributed by atoms with Crippen LogP contribution in [0.1, 0.15) is 68.8 Å². The van der Waals surface area contributed by atoms with Crippen LogP contribution >= 0.6 is 0 Å². The molecule has 0 bridgehead atoms. The van der Waals surface area contributed by atoms with E-state index in [-0.39, 0.29) is 6.10 Å². The van der Waals surface area contributed by atoms with Crippen LogP contribution in [0, 0.1) is 5.92 Å². The Bertz CT molecular complexity index is 459. The summed E-state index contributed by atoms with van der Waals surface area (Å²) in [5.74, 6) is 1.55. The molecule has 1 saturated carbocycles. The van der Waals surface area contributed by atoms with E-state index in [1.807, 2.05) is 6.20 Å². The Hall–Kier alpha value is -1.00. The van der Waals surface area contributed by atoms with Gasteiger partial charge in [0.1, 0.15) is 6.10 Å². The number of nitrogens with one attached hydrogen (secondary N) is 1. The third kappa shape index (κ3) is 2.86. The Morgan fingerprint density at radius 3 is 2.90 bits per heavy atom. The lowest BCUT2D eigenvalue weighted by Gasteiger charge is -2.26. The number of fused-ring (bicyclic) bond motifs is 1. The zero-order chi connectivity index (χ0) is 13.9. The second kappa shape index (κ2) is 6.19. The summed E-state index contributed by atoms with van der Waals surface area (Å²) in [6, 6.07) is 0.435. The average molecular weight is 275 g/mol. The summed E-state index contributed by atoms with van der Waals surface area (Å²) < 4.78 is 5.88. The van der Waals surface area contributed by atoms with E-state index in [0.717, 1.165) is 25.4 Å². The molecule has 1 heterocycles. The third-order valence-corrected chi connectivity index (χ3v) is 4.30. The standard InChI is InChI=1S/C16H25N3O/c1-3-17-13-6-5-7-14-12(13)10-18-16(19-14)15(20-4-2)11-8-9-11/h10-11,13,15,17H,3-9H2,1-2H3. The quantitative estimate of drug-likeness (QED) is 0.867. The van der Waals surface area contributed by atoms with E-state index in [0.29, 0.717) is 12.0 Å². The van der Waals surface area contributed by atoms with Crippen LogP contribution in [0.2, 0.25) is 0 Å². The van der Waals surface area contributed by atoms with Crippen molar-refractivity contribution in [2.24, 2.45) is 5.92 Å². The highest BCUT2D eigenvalue weighted by Crippen LogP contribution is 2.42. The normalized spacial score (nSPS) is 23.4.